The van der Waals surface area contributed by atoms with Crippen LogP contribution in [0.1, 0.15) is 26.2 Å². The molecule has 13 heavy (non-hydrogen) atoms. The van der Waals surface area contributed by atoms with E-state index in [1.54, 1.807) is 0 Å². The molecule has 0 fully saturated rings. The number of hydrogen-bond acceptors (Lipinski definition) is 3. The Kier molecular flexibility index (Phi) is 3.83. The Labute approximate surface area is 80.1 Å². The fourth-order valence-electron chi connectivity index (χ4n) is 1.45. The van der Waals surface area contributed by atoms with Crippen molar-refractivity contribution in [3.63, 3.8) is 0 Å². The van der Waals surface area contributed by atoms with E-state index in [2.05, 4.69) is 6.92 Å². The molecule has 0 radical (unpaired) electrons. The summed E-state index contributed by atoms with van der Waals surface area (Å²) in [5, 5.41) is 0. The van der Waals surface area contributed by atoms with E-state index in [9.17, 15) is 0 Å². The molecule has 1 aliphatic rings. The normalized spacial score (nSPS) is 21.8. The molecule has 1 unspecified atom stereocenters. The first-order chi connectivity index (χ1) is 6.25. The Balaban J connectivity index is 2.39. The van der Waals surface area contributed by atoms with Crippen molar-refractivity contribution < 1.29 is 0 Å². The van der Waals surface area contributed by atoms with Gasteiger partial charge in [-0.15, -0.1) is 0 Å². The number of nitrogens with zero attached hydrogens (tertiary/aromatic N) is 1. The Bertz CT molecular complexity index is 208. The smallest absolute Gasteiger partial charge is 0.100 e. The minimum Gasteiger partial charge on any atom is -0.385 e. The van der Waals surface area contributed by atoms with E-state index in [1.165, 1.54) is 12.8 Å². The van der Waals surface area contributed by atoms with Gasteiger partial charge in [0.1, 0.15) is 5.82 Å². The maximum absolute atomic E-state index is 5.87. The molecular formula is C10H19N3. The first kappa shape index (κ1) is 10.1. The van der Waals surface area contributed by atoms with Gasteiger partial charge in [0.15, 0.2) is 0 Å². The first-order valence-corrected chi connectivity index (χ1v) is 4.92. The highest BCUT2D eigenvalue weighted by Gasteiger charge is 2.13. The van der Waals surface area contributed by atoms with Crippen LogP contribution < -0.4 is 11.5 Å². The van der Waals surface area contributed by atoms with Crippen LogP contribution in [0, 0.1) is 0 Å². The van der Waals surface area contributed by atoms with E-state index >= 15 is 0 Å². The van der Waals surface area contributed by atoms with Crippen LogP contribution >= 0.6 is 0 Å². The van der Waals surface area contributed by atoms with E-state index in [0.29, 0.717) is 0 Å². The molecule has 0 amide bonds. The maximum Gasteiger partial charge on any atom is 0.100 e. The highest BCUT2D eigenvalue weighted by Crippen LogP contribution is 2.10. The summed E-state index contributed by atoms with van der Waals surface area (Å²) in [6, 6.07) is 0. The maximum atomic E-state index is 5.87. The quantitative estimate of drug-likeness (QED) is 0.639. The molecule has 0 bridgehead atoms. The van der Waals surface area contributed by atoms with Crippen molar-refractivity contribution in [2.45, 2.75) is 32.4 Å². The van der Waals surface area contributed by atoms with Crippen LogP contribution in [-0.4, -0.2) is 17.6 Å². The molecule has 0 aromatic rings. The molecule has 0 aliphatic carbocycles. The van der Waals surface area contributed by atoms with Crippen LogP contribution in [-0.2, 0) is 0 Å². The minimum absolute atomic E-state index is 0.0399. The van der Waals surface area contributed by atoms with Crippen LogP contribution in [0.25, 0.3) is 0 Å². The van der Waals surface area contributed by atoms with E-state index in [4.69, 9.17) is 11.5 Å². The Hall–Kier alpha value is -0.960. The second kappa shape index (κ2) is 4.92. The second-order valence-corrected chi connectivity index (χ2v) is 3.37. The van der Waals surface area contributed by atoms with Gasteiger partial charge < -0.3 is 16.4 Å². The highest BCUT2D eigenvalue weighted by molar-refractivity contribution is 5.17. The van der Waals surface area contributed by atoms with Gasteiger partial charge in [-0.2, -0.15) is 0 Å². The van der Waals surface area contributed by atoms with Crippen LogP contribution in [0.5, 0.6) is 0 Å². The van der Waals surface area contributed by atoms with Crippen molar-refractivity contribution in [3.8, 4) is 0 Å². The number of allylic oxidation sites excluding steroid dienone is 2. The van der Waals surface area contributed by atoms with E-state index in [-0.39, 0.29) is 6.17 Å². The largest absolute Gasteiger partial charge is 0.385 e. The van der Waals surface area contributed by atoms with Crippen molar-refractivity contribution in [2.75, 3.05) is 6.54 Å². The lowest BCUT2D eigenvalue weighted by Crippen LogP contribution is -2.44. The summed E-state index contributed by atoms with van der Waals surface area (Å²) in [6.45, 7) is 3.15. The molecule has 0 saturated heterocycles. The molecule has 3 heteroatoms. The van der Waals surface area contributed by atoms with Gasteiger partial charge in [0.05, 0.1) is 6.17 Å². The topological polar surface area (TPSA) is 55.3 Å². The zero-order valence-corrected chi connectivity index (χ0v) is 8.24. The number of rotatable bonds is 4. The predicted octanol–water partition coefficient (Wildman–Crippen LogP) is 1.13. The van der Waals surface area contributed by atoms with Gasteiger partial charge in [0.2, 0.25) is 0 Å². The number of nitrogens with two attached hydrogens (primary N) is 2. The molecule has 0 aromatic heterocycles. The monoisotopic (exact) mass is 181 g/mol. The summed E-state index contributed by atoms with van der Waals surface area (Å²) in [6.07, 6.45) is 9.35. The van der Waals surface area contributed by atoms with Crippen molar-refractivity contribution in [1.82, 2.24) is 4.90 Å². The van der Waals surface area contributed by atoms with Crippen LogP contribution in [0.3, 0.4) is 0 Å². The predicted molar refractivity (Wildman–Crippen MR) is 55.6 cm³/mol. The van der Waals surface area contributed by atoms with Gasteiger partial charge in [-0.05, 0) is 18.6 Å². The second-order valence-electron chi connectivity index (χ2n) is 3.37. The summed E-state index contributed by atoms with van der Waals surface area (Å²) in [5.41, 5.74) is 11.7. The minimum atomic E-state index is -0.0399. The van der Waals surface area contributed by atoms with Gasteiger partial charge in [0, 0.05) is 6.54 Å². The third kappa shape index (κ3) is 2.77. The lowest BCUT2D eigenvalue weighted by molar-refractivity contribution is 0.283. The van der Waals surface area contributed by atoms with E-state index < -0.39 is 0 Å². The molecule has 1 heterocycles. The molecule has 74 valence electrons. The Morgan fingerprint density at radius 2 is 2.23 bits per heavy atom. The van der Waals surface area contributed by atoms with Crippen molar-refractivity contribution in [2.24, 2.45) is 11.5 Å². The molecule has 1 rings (SSSR count). The molecule has 3 nitrogen and oxygen atoms in total. The van der Waals surface area contributed by atoms with Gasteiger partial charge in [-0.3, -0.25) is 0 Å². The fourth-order valence-corrected chi connectivity index (χ4v) is 1.45. The molecule has 1 atom stereocenters. The van der Waals surface area contributed by atoms with E-state index in [0.717, 1.165) is 18.8 Å². The lowest BCUT2D eigenvalue weighted by atomic mass is 10.2. The van der Waals surface area contributed by atoms with Gasteiger partial charge in [-0.1, -0.05) is 25.8 Å². The summed E-state index contributed by atoms with van der Waals surface area (Å²) >= 11 is 0. The van der Waals surface area contributed by atoms with Crippen molar-refractivity contribution in [1.29, 1.82) is 0 Å². The lowest BCUT2D eigenvalue weighted by Gasteiger charge is -2.31. The Morgan fingerprint density at radius 1 is 1.46 bits per heavy atom. The molecule has 0 aromatic carbocycles. The third-order valence-electron chi connectivity index (χ3n) is 2.27. The molecule has 0 saturated carbocycles. The zero-order chi connectivity index (χ0) is 9.68. The number of hydrogen-bond donors (Lipinski definition) is 2. The van der Waals surface area contributed by atoms with Crippen molar-refractivity contribution in [3.05, 3.63) is 24.0 Å². The summed E-state index contributed by atoms with van der Waals surface area (Å²) in [5.74, 6) is 0.783. The number of unbranched alkanes of at least 4 members (excludes halogenated alkanes) is 2. The van der Waals surface area contributed by atoms with Gasteiger partial charge in [-0.25, -0.2) is 0 Å². The molecule has 1 aliphatic heterocycles. The van der Waals surface area contributed by atoms with Gasteiger partial charge in [0.25, 0.3) is 0 Å². The zero-order valence-electron chi connectivity index (χ0n) is 8.24. The average Bonchev–Trinajstić information content (AvgIpc) is 2.10. The summed E-state index contributed by atoms with van der Waals surface area (Å²) in [4.78, 5) is 2.04. The van der Waals surface area contributed by atoms with Crippen molar-refractivity contribution >= 4 is 0 Å². The molecule has 4 N–H and O–H groups in total. The van der Waals surface area contributed by atoms with Crippen LogP contribution in [0.2, 0.25) is 0 Å². The molecule has 0 spiro atoms. The Morgan fingerprint density at radius 3 is 2.85 bits per heavy atom. The van der Waals surface area contributed by atoms with Crippen LogP contribution in [0.4, 0.5) is 0 Å². The highest BCUT2D eigenvalue weighted by atomic mass is 15.3. The van der Waals surface area contributed by atoms with Crippen LogP contribution in [0.15, 0.2) is 24.0 Å². The van der Waals surface area contributed by atoms with E-state index in [1.807, 2.05) is 23.1 Å². The average molecular weight is 181 g/mol. The fraction of sp³-hybridized carbons (Fsp3) is 0.600. The van der Waals surface area contributed by atoms with Gasteiger partial charge >= 0.3 is 0 Å². The summed E-state index contributed by atoms with van der Waals surface area (Å²) in [7, 11) is 0. The summed E-state index contributed by atoms with van der Waals surface area (Å²) < 4.78 is 0. The molecular weight excluding hydrogens is 162 g/mol. The standard InChI is InChI=1S/C10H19N3/c1-2-3-4-8-13-9(11)6-5-7-10(13)12/h5-7,9H,2-4,8,11-12H2,1H3. The SMILES string of the molecule is CCCCCN1C(N)=CC=CC1N. The first-order valence-electron chi connectivity index (χ1n) is 4.92. The third-order valence-corrected chi connectivity index (χ3v) is 2.27.